The second-order valence-electron chi connectivity index (χ2n) is 7.68. The fourth-order valence-electron chi connectivity index (χ4n) is 4.26. The van der Waals surface area contributed by atoms with Crippen molar-refractivity contribution in [3.63, 3.8) is 0 Å². The van der Waals surface area contributed by atoms with E-state index in [0.29, 0.717) is 19.6 Å². The summed E-state index contributed by atoms with van der Waals surface area (Å²) >= 11 is 0. The van der Waals surface area contributed by atoms with Crippen molar-refractivity contribution < 1.29 is 19.1 Å². The number of ether oxygens (including phenoxy) is 2. The van der Waals surface area contributed by atoms with Gasteiger partial charge in [-0.3, -0.25) is 4.79 Å². The molecular formula is C22H26N4O4. The first-order valence-corrected chi connectivity index (χ1v) is 10.1. The standard InChI is InChI=1S/C22H26N4O4/c1-14-11-20(30-22(23)28)18-12-16(3-5-19(18)26(14)15(2)27)17-4-6-21(24-13-17)25-7-9-29-10-8-25/h3-6,12-14,20H,7-11H2,1-2H3,(H2,23,28)/t14-,20+/m1/s1. The number of aromatic nitrogens is 1. The van der Waals surface area contributed by atoms with Gasteiger partial charge in [0, 0.05) is 49.8 Å². The maximum absolute atomic E-state index is 12.2. The molecule has 0 bridgehead atoms. The van der Waals surface area contributed by atoms with Crippen molar-refractivity contribution in [2.75, 3.05) is 36.1 Å². The predicted octanol–water partition coefficient (Wildman–Crippen LogP) is 2.87. The third-order valence-electron chi connectivity index (χ3n) is 5.64. The van der Waals surface area contributed by atoms with Gasteiger partial charge in [0.05, 0.1) is 18.9 Å². The minimum absolute atomic E-state index is 0.0504. The molecule has 8 nitrogen and oxygen atoms in total. The highest BCUT2D eigenvalue weighted by molar-refractivity contribution is 5.94. The van der Waals surface area contributed by atoms with Crippen LogP contribution in [0.5, 0.6) is 0 Å². The highest BCUT2D eigenvalue weighted by atomic mass is 16.6. The van der Waals surface area contributed by atoms with Gasteiger partial charge in [0.2, 0.25) is 5.91 Å². The fraction of sp³-hybridized carbons (Fsp3) is 0.409. The third kappa shape index (κ3) is 3.95. The number of morpholine rings is 1. The second kappa shape index (κ2) is 8.31. The molecule has 2 aromatic rings. The summed E-state index contributed by atoms with van der Waals surface area (Å²) < 4.78 is 10.8. The number of nitrogens with zero attached hydrogens (tertiary/aromatic N) is 3. The number of amides is 2. The molecule has 158 valence electrons. The summed E-state index contributed by atoms with van der Waals surface area (Å²) in [6, 6.07) is 9.74. The minimum Gasteiger partial charge on any atom is -0.441 e. The van der Waals surface area contributed by atoms with Gasteiger partial charge in [0.15, 0.2) is 0 Å². The van der Waals surface area contributed by atoms with Crippen molar-refractivity contribution in [1.29, 1.82) is 0 Å². The molecule has 2 atom stereocenters. The molecule has 2 amide bonds. The Bertz CT molecular complexity index is 941. The molecule has 1 saturated heterocycles. The van der Waals surface area contributed by atoms with E-state index in [0.717, 1.165) is 41.3 Å². The summed E-state index contributed by atoms with van der Waals surface area (Å²) in [5.74, 6) is 0.872. The van der Waals surface area contributed by atoms with Crippen LogP contribution in [0.15, 0.2) is 36.5 Å². The first-order chi connectivity index (χ1) is 14.4. The van der Waals surface area contributed by atoms with E-state index in [4.69, 9.17) is 15.2 Å². The molecule has 4 rings (SSSR count). The van der Waals surface area contributed by atoms with Gasteiger partial charge < -0.3 is 25.0 Å². The Morgan fingerprint density at radius 1 is 1.17 bits per heavy atom. The quantitative estimate of drug-likeness (QED) is 0.836. The number of carbonyl (C=O) groups excluding carboxylic acids is 2. The Kier molecular flexibility index (Phi) is 5.59. The molecule has 0 unspecified atom stereocenters. The number of nitrogens with two attached hydrogens (primary N) is 1. The van der Waals surface area contributed by atoms with Gasteiger partial charge in [-0.2, -0.15) is 0 Å². The first-order valence-electron chi connectivity index (χ1n) is 10.1. The molecule has 2 aliphatic heterocycles. The first kappa shape index (κ1) is 20.2. The average molecular weight is 410 g/mol. The summed E-state index contributed by atoms with van der Waals surface area (Å²) in [7, 11) is 0. The van der Waals surface area contributed by atoms with E-state index >= 15 is 0 Å². The van der Waals surface area contributed by atoms with Crippen LogP contribution in [0, 0.1) is 0 Å². The van der Waals surface area contributed by atoms with Gasteiger partial charge in [-0.1, -0.05) is 6.07 Å². The lowest BCUT2D eigenvalue weighted by Crippen LogP contribution is -2.43. The van der Waals surface area contributed by atoms with E-state index < -0.39 is 12.2 Å². The van der Waals surface area contributed by atoms with Gasteiger partial charge in [-0.15, -0.1) is 0 Å². The van der Waals surface area contributed by atoms with Crippen LogP contribution >= 0.6 is 0 Å². The van der Waals surface area contributed by atoms with E-state index in [1.54, 1.807) is 4.90 Å². The van der Waals surface area contributed by atoms with Crippen molar-refractivity contribution in [2.45, 2.75) is 32.4 Å². The summed E-state index contributed by atoms with van der Waals surface area (Å²) in [6.45, 7) is 6.55. The number of carbonyl (C=O) groups is 2. The molecule has 0 aliphatic carbocycles. The number of benzene rings is 1. The SMILES string of the molecule is CC(=O)N1c2ccc(-c3ccc(N4CCOCC4)nc3)cc2[C@@H](OC(N)=O)C[C@H]1C. The van der Waals surface area contributed by atoms with Gasteiger partial charge in [0.25, 0.3) is 0 Å². The van der Waals surface area contributed by atoms with Crippen LogP contribution in [-0.2, 0) is 14.3 Å². The summed E-state index contributed by atoms with van der Waals surface area (Å²) in [6.07, 6.45) is 1.01. The Morgan fingerprint density at radius 3 is 2.53 bits per heavy atom. The average Bonchev–Trinajstić information content (AvgIpc) is 2.73. The molecule has 0 radical (unpaired) electrons. The van der Waals surface area contributed by atoms with Crippen LogP contribution in [0.2, 0.25) is 0 Å². The Morgan fingerprint density at radius 2 is 1.90 bits per heavy atom. The Hall–Kier alpha value is -3.13. The molecule has 30 heavy (non-hydrogen) atoms. The van der Waals surface area contributed by atoms with Crippen LogP contribution < -0.4 is 15.5 Å². The number of pyridine rings is 1. The minimum atomic E-state index is -0.823. The van der Waals surface area contributed by atoms with Gasteiger partial charge in [0.1, 0.15) is 11.9 Å². The van der Waals surface area contributed by atoms with Gasteiger partial charge in [-0.25, -0.2) is 9.78 Å². The lowest BCUT2D eigenvalue weighted by Gasteiger charge is -2.38. The van der Waals surface area contributed by atoms with Crippen LogP contribution in [0.25, 0.3) is 11.1 Å². The lowest BCUT2D eigenvalue weighted by molar-refractivity contribution is -0.117. The number of fused-ring (bicyclic) bond motifs is 1. The molecule has 1 fully saturated rings. The fourth-order valence-corrected chi connectivity index (χ4v) is 4.26. The maximum atomic E-state index is 12.2. The second-order valence-corrected chi connectivity index (χ2v) is 7.68. The smallest absolute Gasteiger partial charge is 0.405 e. The Labute approximate surface area is 175 Å². The number of anilines is 2. The van der Waals surface area contributed by atoms with E-state index in [9.17, 15) is 9.59 Å². The number of hydrogen-bond acceptors (Lipinski definition) is 6. The lowest BCUT2D eigenvalue weighted by atomic mass is 9.91. The van der Waals surface area contributed by atoms with Crippen molar-refractivity contribution in [3.05, 3.63) is 42.1 Å². The third-order valence-corrected chi connectivity index (χ3v) is 5.64. The molecule has 3 heterocycles. The number of rotatable bonds is 3. The van der Waals surface area contributed by atoms with Crippen LogP contribution in [0.1, 0.15) is 31.9 Å². The predicted molar refractivity (Wildman–Crippen MR) is 113 cm³/mol. The maximum Gasteiger partial charge on any atom is 0.405 e. The van der Waals surface area contributed by atoms with Crippen LogP contribution in [-0.4, -0.2) is 49.3 Å². The van der Waals surface area contributed by atoms with E-state index in [-0.39, 0.29) is 11.9 Å². The molecule has 0 spiro atoms. The van der Waals surface area contributed by atoms with Crippen LogP contribution in [0.4, 0.5) is 16.3 Å². The molecule has 2 aliphatic rings. The van der Waals surface area contributed by atoms with Crippen molar-refractivity contribution in [1.82, 2.24) is 4.98 Å². The van der Waals surface area contributed by atoms with Crippen molar-refractivity contribution >= 4 is 23.5 Å². The molecule has 0 saturated carbocycles. The molecule has 8 heteroatoms. The molecule has 2 N–H and O–H groups in total. The number of primary amides is 1. The normalized spacial score (nSPS) is 21.1. The zero-order valence-corrected chi connectivity index (χ0v) is 17.2. The summed E-state index contributed by atoms with van der Waals surface area (Å²) in [5.41, 5.74) is 8.69. The monoisotopic (exact) mass is 410 g/mol. The van der Waals surface area contributed by atoms with E-state index in [2.05, 4.69) is 9.88 Å². The van der Waals surface area contributed by atoms with Crippen molar-refractivity contribution in [2.24, 2.45) is 5.73 Å². The van der Waals surface area contributed by atoms with Gasteiger partial charge in [-0.05, 0) is 36.8 Å². The topological polar surface area (TPSA) is 98.0 Å². The molecule has 1 aromatic heterocycles. The zero-order valence-electron chi connectivity index (χ0n) is 17.2. The molecule has 1 aromatic carbocycles. The number of hydrogen-bond donors (Lipinski definition) is 1. The van der Waals surface area contributed by atoms with E-state index in [1.165, 1.54) is 6.92 Å². The van der Waals surface area contributed by atoms with E-state index in [1.807, 2.05) is 43.5 Å². The highest BCUT2D eigenvalue weighted by Gasteiger charge is 2.34. The van der Waals surface area contributed by atoms with Crippen molar-refractivity contribution in [3.8, 4) is 11.1 Å². The van der Waals surface area contributed by atoms with Crippen LogP contribution in [0.3, 0.4) is 0 Å². The zero-order chi connectivity index (χ0) is 21.3. The molecular weight excluding hydrogens is 384 g/mol. The Balaban J connectivity index is 1.67. The highest BCUT2D eigenvalue weighted by Crippen LogP contribution is 2.41. The summed E-state index contributed by atoms with van der Waals surface area (Å²) in [4.78, 5) is 32.2. The summed E-state index contributed by atoms with van der Waals surface area (Å²) in [5, 5.41) is 0. The van der Waals surface area contributed by atoms with Gasteiger partial charge >= 0.3 is 6.09 Å². The largest absolute Gasteiger partial charge is 0.441 e.